The molecule has 0 heterocycles. The van der Waals surface area contributed by atoms with E-state index in [-0.39, 0.29) is 0 Å². The van der Waals surface area contributed by atoms with Crippen molar-refractivity contribution in [2.45, 2.75) is 76.2 Å². The highest BCUT2D eigenvalue weighted by Gasteiger charge is 2.32. The number of rotatable bonds is 15. The van der Waals surface area contributed by atoms with Gasteiger partial charge in [-0.05, 0) is 27.7 Å². The quantitative estimate of drug-likeness (QED) is 0.0931. The fraction of sp³-hybridized carbons (Fsp3) is 0.700. The number of carbonyl (C=O) groups is 6. The highest BCUT2D eigenvalue weighted by Crippen LogP contribution is 1.98. The zero-order valence-corrected chi connectivity index (χ0v) is 20.8. The largest absolute Gasteiger partial charge is 0.480 e. The Morgan fingerprint density at radius 3 is 1.46 bits per heavy atom. The van der Waals surface area contributed by atoms with Crippen molar-refractivity contribution in [3.8, 4) is 0 Å². The second-order valence-electron chi connectivity index (χ2n) is 8.28. The number of carboxylic acid groups (broad SMARTS) is 1. The first-order valence-electron chi connectivity index (χ1n) is 11.1. The summed E-state index contributed by atoms with van der Waals surface area (Å²) in [5, 5.41) is 57.5. The van der Waals surface area contributed by atoms with Crippen molar-refractivity contribution in [1.82, 2.24) is 26.6 Å². The zero-order chi connectivity index (χ0) is 29.0. The number of aliphatic hydroxyl groups is 4. The maximum atomic E-state index is 12.5. The van der Waals surface area contributed by atoms with Gasteiger partial charge in [-0.1, -0.05) is 0 Å². The van der Waals surface area contributed by atoms with E-state index in [0.29, 0.717) is 0 Å². The third kappa shape index (κ3) is 11.0. The number of hydrogen-bond donors (Lipinski definition) is 11. The Kier molecular flexibility index (Phi) is 14.2. The summed E-state index contributed by atoms with van der Waals surface area (Å²) in [6.07, 6.45) is -2.70. The second kappa shape index (κ2) is 15.7. The van der Waals surface area contributed by atoms with Crippen LogP contribution in [0.1, 0.15) is 27.7 Å². The molecule has 0 rings (SSSR count). The van der Waals surface area contributed by atoms with Crippen LogP contribution in [-0.2, 0) is 28.8 Å². The van der Waals surface area contributed by atoms with Crippen molar-refractivity contribution in [3.63, 3.8) is 0 Å². The molecule has 17 nitrogen and oxygen atoms in total. The molecule has 5 amide bonds. The smallest absolute Gasteiger partial charge is 0.325 e. The SMILES string of the molecule is C[C@H](NC(=O)[C@@H](NC(=O)[C@H](C)NC(=O)[C@H](CO)NC(=O)[C@H](CO)NC(=O)[C@@H](N)[C@@H](C)O)[C@@H](C)O)C(=O)O. The van der Waals surface area contributed by atoms with E-state index in [0.717, 1.165) is 0 Å². The molecular formula is C20H36N6O11. The van der Waals surface area contributed by atoms with Crippen molar-refractivity contribution in [2.24, 2.45) is 5.73 Å². The highest BCUT2D eigenvalue weighted by molar-refractivity contribution is 5.96. The number of carboxylic acids is 1. The van der Waals surface area contributed by atoms with Gasteiger partial charge in [0.05, 0.1) is 25.4 Å². The van der Waals surface area contributed by atoms with Gasteiger partial charge in [-0.25, -0.2) is 0 Å². The molecule has 0 aromatic heterocycles. The van der Waals surface area contributed by atoms with Gasteiger partial charge in [0.2, 0.25) is 29.5 Å². The van der Waals surface area contributed by atoms with Crippen molar-refractivity contribution in [1.29, 1.82) is 0 Å². The van der Waals surface area contributed by atoms with Gasteiger partial charge in [0.25, 0.3) is 0 Å². The van der Waals surface area contributed by atoms with Crippen LogP contribution in [0.4, 0.5) is 0 Å². The first-order chi connectivity index (χ1) is 17.1. The van der Waals surface area contributed by atoms with Gasteiger partial charge in [-0.2, -0.15) is 0 Å². The van der Waals surface area contributed by atoms with Gasteiger partial charge < -0.3 is 57.9 Å². The minimum Gasteiger partial charge on any atom is -0.480 e. The third-order valence-electron chi connectivity index (χ3n) is 5.00. The van der Waals surface area contributed by atoms with Crippen LogP contribution in [0.25, 0.3) is 0 Å². The lowest BCUT2D eigenvalue weighted by molar-refractivity contribution is -0.142. The Morgan fingerprint density at radius 2 is 1.05 bits per heavy atom. The molecule has 0 radical (unpaired) electrons. The van der Waals surface area contributed by atoms with Crippen LogP contribution in [0.3, 0.4) is 0 Å². The third-order valence-corrected chi connectivity index (χ3v) is 5.00. The molecular weight excluding hydrogens is 500 g/mol. The first-order valence-corrected chi connectivity index (χ1v) is 11.1. The molecule has 17 heteroatoms. The molecule has 212 valence electrons. The average molecular weight is 537 g/mol. The lowest BCUT2D eigenvalue weighted by Gasteiger charge is -2.25. The Bertz CT molecular complexity index is 838. The Labute approximate surface area is 212 Å². The molecule has 12 N–H and O–H groups in total. The van der Waals surface area contributed by atoms with Crippen LogP contribution in [0.15, 0.2) is 0 Å². The molecule has 0 aliphatic carbocycles. The molecule has 0 saturated heterocycles. The van der Waals surface area contributed by atoms with E-state index in [1.165, 1.54) is 27.7 Å². The van der Waals surface area contributed by atoms with E-state index < -0.39 is 97.2 Å². The summed E-state index contributed by atoms with van der Waals surface area (Å²) in [5.74, 6) is -6.42. The number of amides is 5. The number of nitrogens with one attached hydrogen (secondary N) is 5. The van der Waals surface area contributed by atoms with Crippen LogP contribution < -0.4 is 32.3 Å². The summed E-state index contributed by atoms with van der Waals surface area (Å²) in [6, 6.07) is -8.86. The predicted octanol–water partition coefficient (Wildman–Crippen LogP) is -6.39. The van der Waals surface area contributed by atoms with Crippen LogP contribution in [0.2, 0.25) is 0 Å². The molecule has 0 saturated carbocycles. The van der Waals surface area contributed by atoms with Gasteiger partial charge in [0.15, 0.2) is 0 Å². The van der Waals surface area contributed by atoms with E-state index in [2.05, 4.69) is 26.6 Å². The normalized spacial score (nSPS) is 17.4. The summed E-state index contributed by atoms with van der Waals surface area (Å²) in [5.41, 5.74) is 5.45. The molecule has 0 aromatic carbocycles. The minimum absolute atomic E-state index is 0.911. The van der Waals surface area contributed by atoms with E-state index in [1.807, 2.05) is 0 Å². The van der Waals surface area contributed by atoms with E-state index in [4.69, 9.17) is 10.8 Å². The summed E-state index contributed by atoms with van der Waals surface area (Å²) in [7, 11) is 0. The lowest BCUT2D eigenvalue weighted by atomic mass is 10.1. The molecule has 0 fully saturated rings. The van der Waals surface area contributed by atoms with Gasteiger partial charge >= 0.3 is 5.97 Å². The zero-order valence-electron chi connectivity index (χ0n) is 20.8. The summed E-state index contributed by atoms with van der Waals surface area (Å²) < 4.78 is 0. The number of hydrogen-bond acceptors (Lipinski definition) is 11. The summed E-state index contributed by atoms with van der Waals surface area (Å²) in [4.78, 5) is 72.3. The molecule has 0 unspecified atom stereocenters. The maximum absolute atomic E-state index is 12.5. The standard InChI is InChI=1S/C20H36N6O11/c1-7(15(31)26-14(10(4)30)19(35)23-8(2)20(36)37)22-16(32)11(5-27)24-17(33)12(6-28)25-18(34)13(21)9(3)29/h7-14,27-30H,5-6,21H2,1-4H3,(H,22,32)(H,23,35)(H,24,33)(H,25,34)(H,26,31)(H,36,37)/t7-,8-,9+,10+,11-,12-,13-,14-/m0/s1. The van der Waals surface area contributed by atoms with Crippen molar-refractivity contribution >= 4 is 35.5 Å². The fourth-order valence-electron chi connectivity index (χ4n) is 2.58. The molecule has 0 bridgehead atoms. The average Bonchev–Trinajstić information content (AvgIpc) is 2.82. The van der Waals surface area contributed by atoms with Crippen LogP contribution in [0.5, 0.6) is 0 Å². The lowest BCUT2D eigenvalue weighted by Crippen LogP contribution is -2.61. The molecule has 0 aromatic rings. The molecule has 0 aliphatic rings. The van der Waals surface area contributed by atoms with E-state index in [1.54, 1.807) is 0 Å². The second-order valence-corrected chi connectivity index (χ2v) is 8.28. The topological polar surface area (TPSA) is 290 Å². The number of aliphatic carboxylic acids is 1. The maximum Gasteiger partial charge on any atom is 0.325 e. The fourth-order valence-corrected chi connectivity index (χ4v) is 2.58. The minimum atomic E-state index is -1.63. The molecule has 0 aliphatic heterocycles. The number of nitrogens with two attached hydrogens (primary N) is 1. The molecule has 0 spiro atoms. The van der Waals surface area contributed by atoms with E-state index >= 15 is 0 Å². The van der Waals surface area contributed by atoms with Gasteiger partial charge in [-0.15, -0.1) is 0 Å². The Hall–Kier alpha value is -3.38. The molecule has 37 heavy (non-hydrogen) atoms. The number of aliphatic hydroxyl groups excluding tert-OH is 4. The molecule has 8 atom stereocenters. The Morgan fingerprint density at radius 1 is 0.622 bits per heavy atom. The van der Waals surface area contributed by atoms with Crippen molar-refractivity contribution in [2.75, 3.05) is 13.2 Å². The predicted molar refractivity (Wildman–Crippen MR) is 124 cm³/mol. The van der Waals surface area contributed by atoms with Crippen molar-refractivity contribution < 1.29 is 54.3 Å². The van der Waals surface area contributed by atoms with Gasteiger partial charge in [0.1, 0.15) is 36.3 Å². The van der Waals surface area contributed by atoms with Crippen molar-refractivity contribution in [3.05, 3.63) is 0 Å². The van der Waals surface area contributed by atoms with Gasteiger partial charge in [-0.3, -0.25) is 28.8 Å². The Balaban J connectivity index is 5.17. The monoisotopic (exact) mass is 536 g/mol. The summed E-state index contributed by atoms with van der Waals surface area (Å²) >= 11 is 0. The van der Waals surface area contributed by atoms with Crippen LogP contribution in [-0.4, -0.2) is 123 Å². The first kappa shape index (κ1) is 33.6. The summed E-state index contributed by atoms with van der Waals surface area (Å²) in [6.45, 7) is 2.90. The van der Waals surface area contributed by atoms with Crippen LogP contribution >= 0.6 is 0 Å². The van der Waals surface area contributed by atoms with E-state index in [9.17, 15) is 49.2 Å². The number of carbonyl (C=O) groups excluding carboxylic acids is 5. The van der Waals surface area contributed by atoms with Gasteiger partial charge in [0, 0.05) is 0 Å². The van der Waals surface area contributed by atoms with Crippen LogP contribution in [0, 0.1) is 0 Å². The highest BCUT2D eigenvalue weighted by atomic mass is 16.4.